The third-order valence-corrected chi connectivity index (χ3v) is 4.50. The van der Waals surface area contributed by atoms with E-state index in [4.69, 9.17) is 14.0 Å². The van der Waals surface area contributed by atoms with Gasteiger partial charge in [-0.25, -0.2) is 4.79 Å². The van der Waals surface area contributed by atoms with Gasteiger partial charge >= 0.3 is 6.03 Å². The number of carbonyl (C=O) groups is 1. The molecule has 0 atom stereocenters. The van der Waals surface area contributed by atoms with Crippen molar-refractivity contribution in [3.63, 3.8) is 0 Å². The Morgan fingerprint density at radius 1 is 1.07 bits per heavy atom. The number of carbonyl (C=O) groups excluding carboxylic acids is 1. The largest absolute Gasteiger partial charge is 0.497 e. The molecule has 3 rings (SSSR count). The number of nitrogens with zero attached hydrogens (tertiary/aromatic N) is 2. The number of nitrogens with one attached hydrogen (secondary N) is 1. The second kappa shape index (κ2) is 9.82. The zero-order valence-corrected chi connectivity index (χ0v) is 17.7. The summed E-state index contributed by atoms with van der Waals surface area (Å²) >= 11 is 0. The lowest BCUT2D eigenvalue weighted by Gasteiger charge is -2.23. The number of rotatable bonds is 8. The summed E-state index contributed by atoms with van der Waals surface area (Å²) in [4.78, 5) is 14.5. The number of methoxy groups -OCH3 is 2. The Kier molecular flexibility index (Phi) is 6.95. The molecule has 0 aliphatic rings. The molecule has 30 heavy (non-hydrogen) atoms. The molecule has 158 valence electrons. The average molecular weight is 409 g/mol. The molecular weight excluding hydrogens is 382 g/mol. The van der Waals surface area contributed by atoms with Crippen molar-refractivity contribution in [3.05, 3.63) is 65.9 Å². The molecule has 0 spiro atoms. The Morgan fingerprint density at radius 2 is 1.83 bits per heavy atom. The molecule has 0 bridgehead atoms. The van der Waals surface area contributed by atoms with E-state index in [0.717, 1.165) is 11.1 Å². The smallest absolute Gasteiger partial charge is 0.318 e. The number of amides is 2. The monoisotopic (exact) mass is 409 g/mol. The topological polar surface area (TPSA) is 76.8 Å². The highest BCUT2D eigenvalue weighted by Gasteiger charge is 2.19. The fourth-order valence-corrected chi connectivity index (χ4v) is 3.06. The van der Waals surface area contributed by atoms with Crippen LogP contribution in [0.3, 0.4) is 0 Å². The van der Waals surface area contributed by atoms with Crippen LogP contribution >= 0.6 is 0 Å². The Morgan fingerprint density at radius 3 is 2.50 bits per heavy atom. The molecule has 2 aromatic carbocycles. The zero-order valence-electron chi connectivity index (χ0n) is 17.7. The van der Waals surface area contributed by atoms with Crippen molar-refractivity contribution in [3.8, 4) is 22.8 Å². The highest BCUT2D eigenvalue weighted by atomic mass is 16.5. The van der Waals surface area contributed by atoms with Gasteiger partial charge in [-0.1, -0.05) is 35.5 Å². The molecule has 2 amide bonds. The average Bonchev–Trinajstić information content (AvgIpc) is 3.21. The summed E-state index contributed by atoms with van der Waals surface area (Å²) in [5.41, 5.74) is 2.41. The van der Waals surface area contributed by atoms with Gasteiger partial charge in [0.05, 0.1) is 26.3 Å². The number of aromatic nitrogens is 1. The maximum absolute atomic E-state index is 12.7. The van der Waals surface area contributed by atoms with E-state index in [-0.39, 0.29) is 12.1 Å². The van der Waals surface area contributed by atoms with Crippen LogP contribution in [-0.2, 0) is 13.1 Å². The van der Waals surface area contributed by atoms with Gasteiger partial charge in [0.1, 0.15) is 17.2 Å². The van der Waals surface area contributed by atoms with Crippen LogP contribution in [0.25, 0.3) is 11.3 Å². The molecule has 1 N–H and O–H groups in total. The van der Waals surface area contributed by atoms with Crippen LogP contribution in [0, 0.1) is 0 Å². The summed E-state index contributed by atoms with van der Waals surface area (Å²) in [6, 6.07) is 17.0. The number of ether oxygens (including phenoxy) is 2. The maximum Gasteiger partial charge on any atom is 0.318 e. The normalized spacial score (nSPS) is 10.7. The van der Waals surface area contributed by atoms with Crippen molar-refractivity contribution in [1.82, 2.24) is 15.4 Å². The first-order chi connectivity index (χ1) is 14.5. The van der Waals surface area contributed by atoms with E-state index in [1.807, 2.05) is 68.4 Å². The summed E-state index contributed by atoms with van der Waals surface area (Å²) in [7, 11) is 3.20. The molecular formula is C23H27N3O4. The van der Waals surface area contributed by atoms with E-state index >= 15 is 0 Å². The van der Waals surface area contributed by atoms with Gasteiger partial charge in [-0.05, 0) is 37.6 Å². The van der Waals surface area contributed by atoms with E-state index in [0.29, 0.717) is 36.0 Å². The van der Waals surface area contributed by atoms with Gasteiger partial charge in [0.15, 0.2) is 5.76 Å². The van der Waals surface area contributed by atoms with E-state index in [1.54, 1.807) is 19.1 Å². The highest BCUT2D eigenvalue weighted by Crippen LogP contribution is 2.34. The lowest BCUT2D eigenvalue weighted by Crippen LogP contribution is -2.42. The van der Waals surface area contributed by atoms with Crippen LogP contribution < -0.4 is 14.8 Å². The molecule has 1 aromatic heterocycles. The third kappa shape index (κ3) is 5.31. The minimum Gasteiger partial charge on any atom is -0.497 e. The predicted octanol–water partition coefficient (Wildman–Crippen LogP) is 4.48. The Labute approximate surface area is 176 Å². The molecule has 7 heteroatoms. The minimum absolute atomic E-state index is 0.0321. The van der Waals surface area contributed by atoms with Crippen LogP contribution in [0.4, 0.5) is 4.79 Å². The van der Waals surface area contributed by atoms with E-state index in [2.05, 4.69) is 10.5 Å². The molecule has 0 saturated carbocycles. The summed E-state index contributed by atoms with van der Waals surface area (Å²) < 4.78 is 16.3. The van der Waals surface area contributed by atoms with E-state index in [1.165, 1.54) is 0 Å². The van der Waals surface area contributed by atoms with Gasteiger partial charge in [-0.2, -0.15) is 0 Å². The van der Waals surface area contributed by atoms with Gasteiger partial charge in [-0.15, -0.1) is 0 Å². The minimum atomic E-state index is -0.155. The van der Waals surface area contributed by atoms with Crippen molar-refractivity contribution < 1.29 is 18.8 Å². The molecule has 0 aliphatic carbocycles. The van der Waals surface area contributed by atoms with Gasteiger partial charge in [0.2, 0.25) is 0 Å². The number of hydrogen-bond donors (Lipinski definition) is 1. The van der Waals surface area contributed by atoms with Gasteiger partial charge in [-0.3, -0.25) is 0 Å². The van der Waals surface area contributed by atoms with Crippen LogP contribution in [0.5, 0.6) is 11.5 Å². The Balaban J connectivity index is 1.84. The molecule has 0 saturated heterocycles. The fourth-order valence-electron chi connectivity index (χ4n) is 3.06. The van der Waals surface area contributed by atoms with Crippen LogP contribution in [-0.4, -0.2) is 36.3 Å². The zero-order chi connectivity index (χ0) is 21.5. The van der Waals surface area contributed by atoms with Crippen LogP contribution in [0.1, 0.15) is 25.1 Å². The maximum atomic E-state index is 12.7. The SMILES string of the molecule is COc1ccc(OC)c(-c2cc(CN(Cc3ccccc3)C(=O)NC(C)C)no2)c1. The molecule has 0 fully saturated rings. The standard InChI is InChI=1S/C23H27N3O4/c1-16(2)24-23(27)26(14-17-8-6-5-7-9-17)15-18-12-22(30-25-18)20-13-19(28-3)10-11-21(20)29-4/h5-13,16H,14-15H2,1-4H3,(H,24,27). The summed E-state index contributed by atoms with van der Waals surface area (Å²) in [6.45, 7) is 4.64. The first-order valence-electron chi connectivity index (χ1n) is 9.77. The van der Waals surface area contributed by atoms with Gasteiger partial charge < -0.3 is 24.2 Å². The molecule has 0 aliphatic heterocycles. The summed E-state index contributed by atoms with van der Waals surface area (Å²) in [6.07, 6.45) is 0. The van der Waals surface area contributed by atoms with Crippen molar-refractivity contribution in [2.24, 2.45) is 0 Å². The molecule has 0 radical (unpaired) electrons. The Hall–Kier alpha value is -3.48. The number of benzene rings is 2. The lowest BCUT2D eigenvalue weighted by atomic mass is 10.1. The molecule has 3 aromatic rings. The van der Waals surface area contributed by atoms with Crippen molar-refractivity contribution in [1.29, 1.82) is 0 Å². The van der Waals surface area contributed by atoms with Crippen molar-refractivity contribution in [2.75, 3.05) is 14.2 Å². The van der Waals surface area contributed by atoms with Crippen LogP contribution in [0.2, 0.25) is 0 Å². The quantitative estimate of drug-likeness (QED) is 0.594. The van der Waals surface area contributed by atoms with Gasteiger partial charge in [0, 0.05) is 18.7 Å². The van der Waals surface area contributed by atoms with Crippen molar-refractivity contribution in [2.45, 2.75) is 33.0 Å². The second-order valence-corrected chi connectivity index (χ2v) is 7.19. The predicted molar refractivity (Wildman–Crippen MR) is 114 cm³/mol. The molecule has 0 unspecified atom stereocenters. The second-order valence-electron chi connectivity index (χ2n) is 7.19. The van der Waals surface area contributed by atoms with E-state index in [9.17, 15) is 4.79 Å². The number of hydrogen-bond acceptors (Lipinski definition) is 5. The summed E-state index contributed by atoms with van der Waals surface area (Å²) in [5.74, 6) is 1.88. The number of urea groups is 1. The first kappa shape index (κ1) is 21.2. The molecule has 7 nitrogen and oxygen atoms in total. The van der Waals surface area contributed by atoms with Gasteiger partial charge in [0.25, 0.3) is 0 Å². The lowest BCUT2D eigenvalue weighted by molar-refractivity contribution is 0.188. The van der Waals surface area contributed by atoms with E-state index < -0.39 is 0 Å². The molecule has 1 heterocycles. The van der Waals surface area contributed by atoms with Crippen LogP contribution in [0.15, 0.2) is 59.1 Å². The highest BCUT2D eigenvalue weighted by molar-refractivity contribution is 5.74. The Bertz CT molecular complexity index is 970. The first-order valence-corrected chi connectivity index (χ1v) is 9.77. The fraction of sp³-hybridized carbons (Fsp3) is 0.304. The van der Waals surface area contributed by atoms with Crippen molar-refractivity contribution >= 4 is 6.03 Å². The summed E-state index contributed by atoms with van der Waals surface area (Å²) in [5, 5.41) is 7.12. The third-order valence-electron chi connectivity index (χ3n) is 4.50.